The maximum Gasteiger partial charge on any atom is 0.0936 e. The van der Waals surface area contributed by atoms with Crippen molar-refractivity contribution in [3.8, 4) is 0 Å². The van der Waals surface area contributed by atoms with Crippen LogP contribution in [0.2, 0.25) is 0 Å². The summed E-state index contributed by atoms with van der Waals surface area (Å²) < 4.78 is 5.18. The molecule has 0 aromatic heterocycles. The molecule has 0 spiro atoms. The predicted octanol–water partition coefficient (Wildman–Crippen LogP) is 2.29. The fourth-order valence-electron chi connectivity index (χ4n) is 1.60. The number of hydrogen-bond donors (Lipinski definition) is 0. The highest BCUT2D eigenvalue weighted by atomic mass is 16.6. The van der Waals surface area contributed by atoms with Gasteiger partial charge >= 0.3 is 0 Å². The minimum absolute atomic E-state index is 0.556. The van der Waals surface area contributed by atoms with Crippen LogP contribution in [0.1, 0.15) is 39.0 Å². The maximum absolute atomic E-state index is 5.18. The van der Waals surface area contributed by atoms with E-state index in [1.54, 1.807) is 0 Å². The molecule has 0 amide bonds. The molecular formula is C11H23NO. The third kappa shape index (κ3) is 6.05. The van der Waals surface area contributed by atoms with Crippen LogP contribution in [0.5, 0.6) is 0 Å². The molecule has 1 saturated heterocycles. The molecule has 78 valence electrons. The van der Waals surface area contributed by atoms with Crippen LogP contribution in [0.3, 0.4) is 0 Å². The average Bonchev–Trinajstić information content (AvgIpc) is 2.88. The number of nitrogens with zero attached hydrogens (tertiary/aromatic N) is 1. The Balaban J connectivity index is 1.80. The molecule has 1 aliphatic heterocycles. The SMILES string of the molecule is CCCCCCCN(C)CC1CO1. The standard InChI is InChI=1S/C11H23NO/c1-3-4-5-6-7-8-12(2)9-11-10-13-11/h11H,3-10H2,1-2H3. The highest BCUT2D eigenvalue weighted by molar-refractivity contribution is 4.72. The van der Waals surface area contributed by atoms with Crippen molar-refractivity contribution in [2.45, 2.75) is 45.1 Å². The first-order chi connectivity index (χ1) is 6.33. The molecule has 0 aliphatic carbocycles. The van der Waals surface area contributed by atoms with Crippen molar-refractivity contribution in [2.24, 2.45) is 0 Å². The van der Waals surface area contributed by atoms with Gasteiger partial charge in [-0.2, -0.15) is 0 Å². The lowest BCUT2D eigenvalue weighted by atomic mass is 10.1. The summed E-state index contributed by atoms with van der Waals surface area (Å²) in [5, 5.41) is 0. The monoisotopic (exact) mass is 185 g/mol. The average molecular weight is 185 g/mol. The lowest BCUT2D eigenvalue weighted by Crippen LogP contribution is -2.24. The molecule has 0 radical (unpaired) electrons. The molecule has 0 aromatic rings. The molecule has 13 heavy (non-hydrogen) atoms. The van der Waals surface area contributed by atoms with E-state index < -0.39 is 0 Å². The second kappa shape index (κ2) is 6.39. The topological polar surface area (TPSA) is 15.8 Å². The Morgan fingerprint density at radius 3 is 2.54 bits per heavy atom. The summed E-state index contributed by atoms with van der Waals surface area (Å²) in [5.74, 6) is 0. The summed E-state index contributed by atoms with van der Waals surface area (Å²) in [7, 11) is 2.20. The summed E-state index contributed by atoms with van der Waals surface area (Å²) in [6, 6.07) is 0. The second-order valence-corrected chi connectivity index (χ2v) is 4.13. The molecule has 1 atom stereocenters. The van der Waals surface area contributed by atoms with Gasteiger partial charge in [-0.05, 0) is 20.0 Å². The minimum Gasteiger partial charge on any atom is -0.372 e. The van der Waals surface area contributed by atoms with Gasteiger partial charge in [-0.25, -0.2) is 0 Å². The second-order valence-electron chi connectivity index (χ2n) is 4.13. The van der Waals surface area contributed by atoms with Crippen LogP contribution >= 0.6 is 0 Å². The van der Waals surface area contributed by atoms with Crippen molar-refractivity contribution in [1.82, 2.24) is 4.90 Å². The van der Waals surface area contributed by atoms with E-state index >= 15 is 0 Å². The molecule has 0 aromatic carbocycles. The minimum atomic E-state index is 0.556. The number of hydrogen-bond acceptors (Lipinski definition) is 2. The van der Waals surface area contributed by atoms with E-state index in [4.69, 9.17) is 4.74 Å². The Labute approximate surface area is 82.3 Å². The first kappa shape index (κ1) is 11.0. The number of unbranched alkanes of at least 4 members (excludes halogenated alkanes) is 4. The van der Waals surface area contributed by atoms with E-state index in [-0.39, 0.29) is 0 Å². The van der Waals surface area contributed by atoms with E-state index in [9.17, 15) is 0 Å². The molecule has 0 saturated carbocycles. The van der Waals surface area contributed by atoms with Crippen LogP contribution in [0.25, 0.3) is 0 Å². The smallest absolute Gasteiger partial charge is 0.0936 e. The highest BCUT2D eigenvalue weighted by Crippen LogP contribution is 2.10. The van der Waals surface area contributed by atoms with Crippen molar-refractivity contribution in [3.63, 3.8) is 0 Å². The molecule has 1 heterocycles. The zero-order valence-electron chi connectivity index (χ0n) is 9.09. The third-order valence-electron chi connectivity index (χ3n) is 2.56. The Morgan fingerprint density at radius 1 is 1.23 bits per heavy atom. The summed E-state index contributed by atoms with van der Waals surface area (Å²) in [5.41, 5.74) is 0. The molecule has 1 aliphatic rings. The lowest BCUT2D eigenvalue weighted by molar-refractivity contribution is 0.279. The van der Waals surface area contributed by atoms with Crippen LogP contribution in [0.15, 0.2) is 0 Å². The van der Waals surface area contributed by atoms with E-state index in [0.29, 0.717) is 6.10 Å². The van der Waals surface area contributed by atoms with E-state index in [0.717, 1.165) is 13.2 Å². The van der Waals surface area contributed by atoms with Gasteiger partial charge < -0.3 is 9.64 Å². The molecule has 0 N–H and O–H groups in total. The fraction of sp³-hybridized carbons (Fsp3) is 1.00. The molecule has 0 bridgehead atoms. The fourth-order valence-corrected chi connectivity index (χ4v) is 1.60. The Bertz CT molecular complexity index is 123. The Kier molecular flexibility index (Phi) is 5.40. The van der Waals surface area contributed by atoms with Gasteiger partial charge in [0.25, 0.3) is 0 Å². The van der Waals surface area contributed by atoms with Crippen LogP contribution in [0, 0.1) is 0 Å². The quantitative estimate of drug-likeness (QED) is 0.426. The van der Waals surface area contributed by atoms with Gasteiger partial charge in [-0.15, -0.1) is 0 Å². The zero-order valence-corrected chi connectivity index (χ0v) is 9.09. The van der Waals surface area contributed by atoms with Gasteiger partial charge in [0.05, 0.1) is 12.7 Å². The van der Waals surface area contributed by atoms with Gasteiger partial charge in [0.1, 0.15) is 0 Å². The summed E-state index contributed by atoms with van der Waals surface area (Å²) >= 11 is 0. The third-order valence-corrected chi connectivity index (χ3v) is 2.56. The molecule has 1 fully saturated rings. The van der Waals surface area contributed by atoms with E-state index in [1.165, 1.54) is 38.6 Å². The predicted molar refractivity (Wildman–Crippen MR) is 56.0 cm³/mol. The van der Waals surface area contributed by atoms with Gasteiger partial charge in [0, 0.05) is 6.54 Å². The van der Waals surface area contributed by atoms with Crippen molar-refractivity contribution < 1.29 is 4.74 Å². The molecule has 1 unspecified atom stereocenters. The van der Waals surface area contributed by atoms with Crippen molar-refractivity contribution >= 4 is 0 Å². The zero-order chi connectivity index (χ0) is 9.52. The van der Waals surface area contributed by atoms with Crippen molar-refractivity contribution in [1.29, 1.82) is 0 Å². The van der Waals surface area contributed by atoms with Gasteiger partial charge in [-0.1, -0.05) is 32.6 Å². The first-order valence-corrected chi connectivity index (χ1v) is 5.63. The van der Waals surface area contributed by atoms with E-state index in [2.05, 4.69) is 18.9 Å². The molecule has 2 heteroatoms. The highest BCUT2D eigenvalue weighted by Gasteiger charge is 2.23. The number of rotatable bonds is 8. The summed E-state index contributed by atoms with van der Waals surface area (Å²) in [6.07, 6.45) is 7.44. The number of likely N-dealkylation sites (N-methyl/N-ethyl adjacent to an activating group) is 1. The van der Waals surface area contributed by atoms with Crippen molar-refractivity contribution in [3.05, 3.63) is 0 Å². The number of ether oxygens (including phenoxy) is 1. The number of epoxide rings is 1. The Hall–Kier alpha value is -0.0800. The normalized spacial score (nSPS) is 21.0. The molecule has 2 nitrogen and oxygen atoms in total. The lowest BCUT2D eigenvalue weighted by Gasteiger charge is -2.14. The maximum atomic E-state index is 5.18. The summed E-state index contributed by atoms with van der Waals surface area (Å²) in [4.78, 5) is 2.39. The largest absolute Gasteiger partial charge is 0.372 e. The van der Waals surface area contributed by atoms with Crippen LogP contribution in [0.4, 0.5) is 0 Å². The van der Waals surface area contributed by atoms with E-state index in [1.807, 2.05) is 0 Å². The van der Waals surface area contributed by atoms with Crippen LogP contribution in [-0.2, 0) is 4.74 Å². The van der Waals surface area contributed by atoms with Crippen LogP contribution in [-0.4, -0.2) is 37.7 Å². The van der Waals surface area contributed by atoms with Crippen LogP contribution < -0.4 is 0 Å². The summed E-state index contributed by atoms with van der Waals surface area (Å²) in [6.45, 7) is 5.62. The van der Waals surface area contributed by atoms with Crippen molar-refractivity contribution in [2.75, 3.05) is 26.7 Å². The first-order valence-electron chi connectivity index (χ1n) is 5.63. The Morgan fingerprint density at radius 2 is 1.92 bits per heavy atom. The van der Waals surface area contributed by atoms with Gasteiger partial charge in [0.15, 0.2) is 0 Å². The molecular weight excluding hydrogens is 162 g/mol. The van der Waals surface area contributed by atoms with Gasteiger partial charge in [-0.3, -0.25) is 0 Å². The molecule has 1 rings (SSSR count). The van der Waals surface area contributed by atoms with Gasteiger partial charge in [0.2, 0.25) is 0 Å².